The standard InChI is InChI=1S/C21H18N4O4/c1-14(26)24-11-10-15-6-2-3-7-16(15)19(24)12-20(27)29-13-25-21(28)17-8-4-5-9-18(17)22-23-25/h2-11,19H,12-13H2,1H3/t19-/m0/s1. The number of hydrogen-bond acceptors (Lipinski definition) is 6. The van der Waals surface area contributed by atoms with Crippen LogP contribution in [0.4, 0.5) is 0 Å². The van der Waals surface area contributed by atoms with Gasteiger partial charge >= 0.3 is 5.97 Å². The summed E-state index contributed by atoms with van der Waals surface area (Å²) in [4.78, 5) is 38.4. The molecule has 8 heteroatoms. The highest BCUT2D eigenvalue weighted by Crippen LogP contribution is 2.33. The van der Waals surface area contributed by atoms with Gasteiger partial charge in [-0.15, -0.1) is 5.10 Å². The number of hydrogen-bond donors (Lipinski definition) is 0. The summed E-state index contributed by atoms with van der Waals surface area (Å²) in [6.07, 6.45) is 3.46. The molecule has 2 aromatic carbocycles. The average molecular weight is 390 g/mol. The molecule has 3 aromatic rings. The number of amides is 1. The maximum Gasteiger partial charge on any atom is 0.310 e. The first-order valence-corrected chi connectivity index (χ1v) is 9.09. The van der Waals surface area contributed by atoms with Crippen molar-refractivity contribution in [2.24, 2.45) is 0 Å². The van der Waals surface area contributed by atoms with Gasteiger partial charge in [-0.25, -0.2) is 0 Å². The third-order valence-electron chi connectivity index (χ3n) is 4.81. The Hall–Kier alpha value is -3.81. The average Bonchev–Trinajstić information content (AvgIpc) is 2.73. The minimum absolute atomic E-state index is 0.0449. The molecule has 0 spiro atoms. The van der Waals surface area contributed by atoms with E-state index in [0.717, 1.165) is 15.8 Å². The minimum atomic E-state index is -0.548. The number of carbonyl (C=O) groups is 2. The Labute approximate surface area is 166 Å². The summed E-state index contributed by atoms with van der Waals surface area (Å²) < 4.78 is 6.26. The normalized spacial score (nSPS) is 15.2. The largest absolute Gasteiger partial charge is 0.442 e. The number of rotatable bonds is 4. The lowest BCUT2D eigenvalue weighted by Crippen LogP contribution is -2.33. The van der Waals surface area contributed by atoms with E-state index in [-0.39, 0.29) is 24.6 Å². The fourth-order valence-corrected chi connectivity index (χ4v) is 3.37. The summed E-state index contributed by atoms with van der Waals surface area (Å²) in [6, 6.07) is 13.9. The number of fused-ring (bicyclic) bond motifs is 2. The Morgan fingerprint density at radius 3 is 2.69 bits per heavy atom. The van der Waals surface area contributed by atoms with Crippen LogP contribution < -0.4 is 5.56 Å². The van der Waals surface area contributed by atoms with Crippen LogP contribution in [0.1, 0.15) is 30.5 Å². The molecule has 0 bridgehead atoms. The zero-order chi connectivity index (χ0) is 20.4. The first kappa shape index (κ1) is 18.5. The van der Waals surface area contributed by atoms with Crippen LogP contribution >= 0.6 is 0 Å². The van der Waals surface area contributed by atoms with E-state index in [0.29, 0.717) is 10.9 Å². The molecule has 1 amide bonds. The van der Waals surface area contributed by atoms with Gasteiger partial charge in [0.15, 0.2) is 6.73 Å². The lowest BCUT2D eigenvalue weighted by Gasteiger charge is -2.32. The third kappa shape index (κ3) is 3.64. The van der Waals surface area contributed by atoms with E-state index < -0.39 is 12.0 Å². The highest BCUT2D eigenvalue weighted by Gasteiger charge is 2.28. The maximum absolute atomic E-state index is 12.5. The number of aromatic nitrogens is 3. The fraction of sp³-hybridized carbons (Fsp3) is 0.190. The number of esters is 1. The smallest absolute Gasteiger partial charge is 0.310 e. The Kier molecular flexibility index (Phi) is 4.90. The van der Waals surface area contributed by atoms with E-state index >= 15 is 0 Å². The molecule has 0 N–H and O–H groups in total. The van der Waals surface area contributed by atoms with E-state index in [1.54, 1.807) is 30.5 Å². The quantitative estimate of drug-likeness (QED) is 0.634. The topological polar surface area (TPSA) is 94.4 Å². The summed E-state index contributed by atoms with van der Waals surface area (Å²) >= 11 is 0. The van der Waals surface area contributed by atoms with E-state index in [1.165, 1.54) is 11.8 Å². The lowest BCUT2D eigenvalue weighted by molar-refractivity contribution is -0.150. The number of ether oxygens (including phenoxy) is 1. The molecular weight excluding hydrogens is 372 g/mol. The Bertz CT molecular complexity index is 1180. The van der Waals surface area contributed by atoms with Crippen molar-refractivity contribution in [1.82, 2.24) is 19.9 Å². The van der Waals surface area contributed by atoms with Gasteiger partial charge in [-0.1, -0.05) is 41.6 Å². The molecule has 0 radical (unpaired) electrons. The van der Waals surface area contributed by atoms with Gasteiger partial charge < -0.3 is 9.64 Å². The van der Waals surface area contributed by atoms with E-state index in [1.807, 2.05) is 30.3 Å². The van der Waals surface area contributed by atoms with Crippen LogP contribution in [0, 0.1) is 0 Å². The first-order valence-electron chi connectivity index (χ1n) is 9.09. The highest BCUT2D eigenvalue weighted by atomic mass is 16.5. The summed E-state index contributed by atoms with van der Waals surface area (Å²) in [5.41, 5.74) is 1.90. The number of carbonyl (C=O) groups excluding carboxylic acids is 2. The van der Waals surface area contributed by atoms with Gasteiger partial charge in [0.25, 0.3) is 5.56 Å². The van der Waals surface area contributed by atoms with E-state index in [9.17, 15) is 14.4 Å². The highest BCUT2D eigenvalue weighted by molar-refractivity contribution is 5.80. The van der Waals surface area contributed by atoms with Crippen LogP contribution in [0.25, 0.3) is 17.0 Å². The van der Waals surface area contributed by atoms with E-state index in [2.05, 4.69) is 10.3 Å². The predicted octanol–water partition coefficient (Wildman–Crippen LogP) is 2.26. The molecule has 8 nitrogen and oxygen atoms in total. The number of benzene rings is 2. The summed E-state index contributed by atoms with van der Waals surface area (Å²) in [6.45, 7) is 1.10. The van der Waals surface area contributed by atoms with Crippen molar-refractivity contribution < 1.29 is 14.3 Å². The van der Waals surface area contributed by atoms with Crippen LogP contribution in [0.5, 0.6) is 0 Å². The Morgan fingerprint density at radius 1 is 1.10 bits per heavy atom. The van der Waals surface area contributed by atoms with Gasteiger partial charge in [-0.3, -0.25) is 14.4 Å². The number of nitrogens with zero attached hydrogens (tertiary/aromatic N) is 4. The van der Waals surface area contributed by atoms with Crippen molar-refractivity contribution in [3.05, 3.63) is 76.2 Å². The van der Waals surface area contributed by atoms with Crippen molar-refractivity contribution in [2.75, 3.05) is 0 Å². The molecule has 146 valence electrons. The molecule has 0 unspecified atom stereocenters. The molecule has 0 saturated carbocycles. The van der Waals surface area contributed by atoms with Crippen molar-refractivity contribution in [2.45, 2.75) is 26.1 Å². The molecule has 1 atom stereocenters. The summed E-state index contributed by atoms with van der Waals surface area (Å²) in [5.74, 6) is -0.724. The van der Waals surface area contributed by atoms with Gasteiger partial charge in [0.1, 0.15) is 5.52 Å². The third-order valence-corrected chi connectivity index (χ3v) is 4.81. The van der Waals surface area contributed by atoms with Gasteiger partial charge in [0, 0.05) is 13.1 Å². The molecule has 0 aliphatic carbocycles. The van der Waals surface area contributed by atoms with Gasteiger partial charge in [-0.2, -0.15) is 4.68 Å². The lowest BCUT2D eigenvalue weighted by atomic mass is 9.94. The van der Waals surface area contributed by atoms with Crippen LogP contribution in [0.2, 0.25) is 0 Å². The Balaban J connectivity index is 1.51. The monoisotopic (exact) mass is 390 g/mol. The molecule has 1 aromatic heterocycles. The Morgan fingerprint density at radius 2 is 1.86 bits per heavy atom. The van der Waals surface area contributed by atoms with Gasteiger partial charge in [-0.05, 0) is 29.3 Å². The van der Waals surface area contributed by atoms with Crippen LogP contribution in [0.3, 0.4) is 0 Å². The predicted molar refractivity (Wildman–Crippen MR) is 105 cm³/mol. The second kappa shape index (κ2) is 7.67. The van der Waals surface area contributed by atoms with Crippen LogP contribution in [-0.2, 0) is 21.1 Å². The van der Waals surface area contributed by atoms with Crippen LogP contribution in [-0.4, -0.2) is 31.8 Å². The summed E-state index contributed by atoms with van der Waals surface area (Å²) in [5, 5.41) is 8.16. The first-order chi connectivity index (χ1) is 14.0. The molecule has 2 heterocycles. The van der Waals surface area contributed by atoms with Crippen molar-refractivity contribution in [1.29, 1.82) is 0 Å². The fourth-order valence-electron chi connectivity index (χ4n) is 3.37. The van der Waals surface area contributed by atoms with Crippen molar-refractivity contribution in [3.63, 3.8) is 0 Å². The second-order valence-electron chi connectivity index (χ2n) is 6.65. The molecular formula is C21H18N4O4. The summed E-state index contributed by atoms with van der Waals surface area (Å²) in [7, 11) is 0. The SMILES string of the molecule is CC(=O)N1C=Cc2ccccc2[C@@H]1CC(=O)OCn1nnc2ccccc2c1=O. The van der Waals surface area contributed by atoms with Gasteiger partial charge in [0.05, 0.1) is 17.8 Å². The second-order valence-corrected chi connectivity index (χ2v) is 6.65. The van der Waals surface area contributed by atoms with E-state index in [4.69, 9.17) is 4.74 Å². The molecule has 0 fully saturated rings. The van der Waals surface area contributed by atoms with Gasteiger partial charge in [0.2, 0.25) is 5.91 Å². The zero-order valence-corrected chi connectivity index (χ0v) is 15.7. The van der Waals surface area contributed by atoms with Crippen molar-refractivity contribution in [3.8, 4) is 0 Å². The van der Waals surface area contributed by atoms with Crippen molar-refractivity contribution >= 4 is 28.9 Å². The molecule has 1 aliphatic rings. The zero-order valence-electron chi connectivity index (χ0n) is 15.7. The molecule has 0 saturated heterocycles. The molecule has 29 heavy (non-hydrogen) atoms. The minimum Gasteiger partial charge on any atom is -0.442 e. The molecule has 1 aliphatic heterocycles. The molecule has 4 rings (SSSR count). The van der Waals surface area contributed by atoms with Crippen LogP contribution in [0.15, 0.2) is 59.5 Å². The maximum atomic E-state index is 12.5.